The summed E-state index contributed by atoms with van der Waals surface area (Å²) in [6.07, 6.45) is 3.77. The molecule has 0 saturated carbocycles. The molecule has 352 valence electrons. The lowest BCUT2D eigenvalue weighted by atomic mass is 9.74. The van der Waals surface area contributed by atoms with Crippen molar-refractivity contribution in [3.05, 3.63) is 308 Å². The average Bonchev–Trinajstić information content (AvgIpc) is 4.13. The first-order chi connectivity index (χ1) is 37.1. The van der Waals surface area contributed by atoms with Crippen molar-refractivity contribution in [1.82, 2.24) is 4.98 Å². The standard InChI is InChI=1S/C74H51N/c1-3-13-50(14-4-1)52-22-30-56(31-23-52)65-17-7-9-19-67(65)58-34-26-54(27-35-58)60-40-42-69-70-43-41-61(47-72(70)74(71(69)46-60)48-63-39-38-62(45-64(63)49-74)73-21-11-12-44-75-73)55-28-36-59(37-29-55)68-20-10-8-18-66(68)57-32-24-53(25-33-57)51-15-5-2-6-16-51/h1-47H,48-49H2. The molecule has 0 N–H and O–H groups in total. The van der Waals surface area contributed by atoms with Crippen molar-refractivity contribution in [2.45, 2.75) is 18.3 Å². The molecule has 0 fully saturated rings. The van der Waals surface area contributed by atoms with Gasteiger partial charge in [-0.1, -0.05) is 249 Å². The summed E-state index contributed by atoms with van der Waals surface area (Å²) in [4.78, 5) is 4.74. The maximum atomic E-state index is 4.74. The molecule has 1 aromatic heterocycles. The Hall–Kier alpha value is -9.43. The van der Waals surface area contributed by atoms with E-state index in [9.17, 15) is 0 Å². The highest BCUT2D eigenvalue weighted by molar-refractivity contribution is 5.90. The fourth-order valence-corrected chi connectivity index (χ4v) is 12.2. The molecule has 14 rings (SSSR count). The smallest absolute Gasteiger partial charge is 0.0702 e. The number of rotatable bonds is 9. The van der Waals surface area contributed by atoms with Gasteiger partial charge < -0.3 is 0 Å². The number of fused-ring (bicyclic) bond motifs is 6. The highest BCUT2D eigenvalue weighted by atomic mass is 14.7. The molecule has 2 aliphatic carbocycles. The van der Waals surface area contributed by atoms with Crippen LogP contribution in [0.5, 0.6) is 0 Å². The van der Waals surface area contributed by atoms with Gasteiger partial charge in [-0.3, -0.25) is 4.98 Å². The zero-order valence-electron chi connectivity index (χ0n) is 41.5. The molecule has 12 aromatic rings. The van der Waals surface area contributed by atoms with E-state index in [-0.39, 0.29) is 5.41 Å². The van der Waals surface area contributed by atoms with Gasteiger partial charge in [0.15, 0.2) is 0 Å². The summed E-state index contributed by atoms with van der Waals surface area (Å²) in [7, 11) is 0. The van der Waals surface area contributed by atoms with E-state index in [2.05, 4.69) is 273 Å². The summed E-state index contributed by atoms with van der Waals surface area (Å²) < 4.78 is 0. The van der Waals surface area contributed by atoms with E-state index >= 15 is 0 Å². The third-order valence-electron chi connectivity index (χ3n) is 16.0. The van der Waals surface area contributed by atoms with Gasteiger partial charge in [0.2, 0.25) is 0 Å². The van der Waals surface area contributed by atoms with Gasteiger partial charge in [-0.05, 0) is 166 Å². The molecular weight excluding hydrogens is 903 g/mol. The van der Waals surface area contributed by atoms with Crippen LogP contribution < -0.4 is 0 Å². The van der Waals surface area contributed by atoms with E-state index in [1.54, 1.807) is 0 Å². The third-order valence-corrected chi connectivity index (χ3v) is 16.0. The lowest BCUT2D eigenvalue weighted by Crippen LogP contribution is -2.26. The van der Waals surface area contributed by atoms with Crippen LogP contribution in [0.2, 0.25) is 0 Å². The minimum atomic E-state index is -0.217. The van der Waals surface area contributed by atoms with E-state index in [0.717, 1.165) is 18.5 Å². The molecule has 0 unspecified atom stereocenters. The van der Waals surface area contributed by atoms with Gasteiger partial charge in [-0.25, -0.2) is 0 Å². The largest absolute Gasteiger partial charge is 0.256 e. The van der Waals surface area contributed by atoms with Crippen LogP contribution in [0.4, 0.5) is 0 Å². The van der Waals surface area contributed by atoms with Crippen molar-refractivity contribution in [3.8, 4) is 111 Å². The number of aromatic nitrogens is 1. The fraction of sp³-hybridized carbons (Fsp3) is 0.0405. The van der Waals surface area contributed by atoms with Gasteiger partial charge in [0.25, 0.3) is 0 Å². The zero-order chi connectivity index (χ0) is 49.7. The second-order valence-electron chi connectivity index (χ2n) is 20.3. The van der Waals surface area contributed by atoms with Gasteiger partial charge in [-0.15, -0.1) is 0 Å². The summed E-state index contributed by atoms with van der Waals surface area (Å²) in [5.41, 5.74) is 29.9. The molecule has 0 atom stereocenters. The molecule has 11 aromatic carbocycles. The quantitative estimate of drug-likeness (QED) is 0.140. The van der Waals surface area contributed by atoms with Crippen LogP contribution in [0.15, 0.2) is 285 Å². The summed E-state index contributed by atoms with van der Waals surface area (Å²) in [5.74, 6) is 0. The zero-order valence-corrected chi connectivity index (χ0v) is 41.5. The van der Waals surface area contributed by atoms with E-state index in [1.165, 1.54) is 128 Å². The van der Waals surface area contributed by atoms with Crippen LogP contribution in [0.25, 0.3) is 111 Å². The van der Waals surface area contributed by atoms with Crippen LogP contribution in [0.3, 0.4) is 0 Å². The molecule has 0 amide bonds. The van der Waals surface area contributed by atoms with Crippen LogP contribution in [0, 0.1) is 0 Å². The molecule has 1 spiro atoms. The minimum absolute atomic E-state index is 0.217. The predicted octanol–water partition coefficient (Wildman–Crippen LogP) is 19.1. The Morgan fingerprint density at radius 1 is 0.227 bits per heavy atom. The molecule has 0 bridgehead atoms. The lowest BCUT2D eigenvalue weighted by molar-refractivity contribution is 0.564. The average molecular weight is 954 g/mol. The third kappa shape index (κ3) is 8.02. The first-order valence-electron chi connectivity index (χ1n) is 26.2. The molecule has 1 heteroatoms. The molecule has 1 nitrogen and oxygen atoms in total. The molecule has 2 aliphatic rings. The maximum Gasteiger partial charge on any atom is 0.0702 e. The van der Waals surface area contributed by atoms with Crippen LogP contribution in [-0.4, -0.2) is 4.98 Å². The summed E-state index contributed by atoms with van der Waals surface area (Å²) in [5, 5.41) is 0. The number of nitrogens with zero attached hydrogens (tertiary/aromatic N) is 1. The first kappa shape index (κ1) is 44.3. The van der Waals surface area contributed by atoms with Crippen molar-refractivity contribution in [3.63, 3.8) is 0 Å². The Labute approximate surface area is 439 Å². The van der Waals surface area contributed by atoms with Crippen molar-refractivity contribution in [2.75, 3.05) is 0 Å². The van der Waals surface area contributed by atoms with Crippen LogP contribution in [0.1, 0.15) is 22.3 Å². The SMILES string of the molecule is c1ccc(-c2ccc(-c3ccccc3-c3ccc(-c4ccc5c(c4)C4(Cc6ccc(-c7ccccn7)cc6C4)c4cc(-c6ccc(-c7ccccc7-c7ccc(-c8ccccc8)cc7)cc6)ccc4-5)cc3)cc2)cc1. The number of pyridine rings is 1. The number of hydrogen-bond acceptors (Lipinski definition) is 1. The Morgan fingerprint density at radius 3 is 0.973 bits per heavy atom. The minimum Gasteiger partial charge on any atom is -0.256 e. The normalized spacial score (nSPS) is 12.8. The molecule has 1 heterocycles. The summed E-state index contributed by atoms with van der Waals surface area (Å²) in [6, 6.07) is 103. The maximum absolute atomic E-state index is 4.74. The highest BCUT2D eigenvalue weighted by Crippen LogP contribution is 2.57. The Morgan fingerprint density at radius 2 is 0.560 bits per heavy atom. The van der Waals surface area contributed by atoms with E-state index in [1.807, 2.05) is 12.3 Å². The Balaban J connectivity index is 0.797. The van der Waals surface area contributed by atoms with E-state index < -0.39 is 0 Å². The van der Waals surface area contributed by atoms with E-state index in [4.69, 9.17) is 4.98 Å². The van der Waals surface area contributed by atoms with Gasteiger partial charge >= 0.3 is 0 Å². The molecule has 75 heavy (non-hydrogen) atoms. The van der Waals surface area contributed by atoms with Gasteiger partial charge in [0, 0.05) is 17.2 Å². The summed E-state index contributed by atoms with van der Waals surface area (Å²) >= 11 is 0. The fourth-order valence-electron chi connectivity index (χ4n) is 12.2. The van der Waals surface area contributed by atoms with Crippen molar-refractivity contribution < 1.29 is 0 Å². The van der Waals surface area contributed by atoms with Gasteiger partial charge in [0.05, 0.1) is 5.69 Å². The first-order valence-corrected chi connectivity index (χ1v) is 26.2. The molecular formula is C74H51N. The van der Waals surface area contributed by atoms with Gasteiger partial charge in [-0.2, -0.15) is 0 Å². The Kier molecular flexibility index (Phi) is 11.0. The Bertz CT molecular complexity index is 3820. The molecule has 0 aliphatic heterocycles. The molecule has 0 radical (unpaired) electrons. The highest BCUT2D eigenvalue weighted by Gasteiger charge is 2.47. The van der Waals surface area contributed by atoms with Crippen molar-refractivity contribution >= 4 is 0 Å². The number of benzene rings is 11. The second-order valence-corrected chi connectivity index (χ2v) is 20.3. The van der Waals surface area contributed by atoms with Crippen LogP contribution >= 0.6 is 0 Å². The summed E-state index contributed by atoms with van der Waals surface area (Å²) in [6.45, 7) is 0. The monoisotopic (exact) mass is 953 g/mol. The van der Waals surface area contributed by atoms with Crippen molar-refractivity contribution in [2.24, 2.45) is 0 Å². The van der Waals surface area contributed by atoms with Crippen LogP contribution in [-0.2, 0) is 18.3 Å². The topological polar surface area (TPSA) is 12.9 Å². The molecule has 0 saturated heterocycles. The predicted molar refractivity (Wildman–Crippen MR) is 313 cm³/mol. The number of hydrogen-bond donors (Lipinski definition) is 0. The lowest BCUT2D eigenvalue weighted by Gasteiger charge is -2.27. The second kappa shape index (κ2) is 18.6. The van der Waals surface area contributed by atoms with Gasteiger partial charge in [0.1, 0.15) is 0 Å². The van der Waals surface area contributed by atoms with Crippen molar-refractivity contribution in [1.29, 1.82) is 0 Å². The van der Waals surface area contributed by atoms with E-state index in [0.29, 0.717) is 0 Å².